The normalized spacial score (nSPS) is 11.7. The number of rotatable bonds is 12. The lowest BCUT2D eigenvalue weighted by Gasteiger charge is -2.16. The van der Waals surface area contributed by atoms with E-state index in [2.05, 4.69) is 20.8 Å². The largest absolute Gasteiger partial charge is 0.382 e. The molecule has 32 heavy (non-hydrogen) atoms. The number of ketones is 1. The summed E-state index contributed by atoms with van der Waals surface area (Å²) in [6.45, 7) is 5.63. The van der Waals surface area contributed by atoms with Gasteiger partial charge >= 0.3 is 0 Å². The minimum Gasteiger partial charge on any atom is -0.382 e. The van der Waals surface area contributed by atoms with Gasteiger partial charge in [-0.25, -0.2) is 0 Å². The maximum atomic E-state index is 13.2. The van der Waals surface area contributed by atoms with Gasteiger partial charge in [0.15, 0.2) is 10.1 Å². The van der Waals surface area contributed by atoms with Gasteiger partial charge in [-0.1, -0.05) is 65.6 Å². The predicted octanol–water partition coefficient (Wildman–Crippen LogP) is 5.05. The molecule has 3 aromatic rings. The number of thioether (sulfide) groups is 1. The summed E-state index contributed by atoms with van der Waals surface area (Å²) in [5.41, 5.74) is 1.99. The Bertz CT molecular complexity index is 1030. The van der Waals surface area contributed by atoms with Gasteiger partial charge in [0.2, 0.25) is 11.0 Å². The molecular formula is C23H26N4O3S2. The van der Waals surface area contributed by atoms with E-state index in [-0.39, 0.29) is 11.7 Å². The molecule has 1 amide bonds. The summed E-state index contributed by atoms with van der Waals surface area (Å²) in [5, 5.41) is 14.8. The summed E-state index contributed by atoms with van der Waals surface area (Å²) in [6, 6.07) is 16.5. The van der Waals surface area contributed by atoms with Crippen molar-refractivity contribution in [2.75, 3.05) is 30.4 Å². The highest BCUT2D eigenvalue weighted by molar-refractivity contribution is 8.02. The number of hydrogen-bond donors (Lipinski definition) is 2. The van der Waals surface area contributed by atoms with Crippen molar-refractivity contribution in [3.8, 4) is 0 Å². The van der Waals surface area contributed by atoms with Crippen molar-refractivity contribution in [1.82, 2.24) is 10.2 Å². The molecule has 1 unspecified atom stereocenters. The van der Waals surface area contributed by atoms with Crippen LogP contribution in [0.2, 0.25) is 0 Å². The zero-order chi connectivity index (χ0) is 22.8. The molecule has 0 radical (unpaired) electrons. The van der Waals surface area contributed by atoms with Gasteiger partial charge in [0, 0.05) is 31.0 Å². The topological polar surface area (TPSA) is 93.2 Å². The van der Waals surface area contributed by atoms with E-state index in [1.54, 1.807) is 24.3 Å². The second kappa shape index (κ2) is 12.3. The highest BCUT2D eigenvalue weighted by Crippen LogP contribution is 2.38. The lowest BCUT2D eigenvalue weighted by Crippen LogP contribution is -2.19. The monoisotopic (exact) mass is 470 g/mol. The van der Waals surface area contributed by atoms with Crippen LogP contribution in [0.5, 0.6) is 0 Å². The molecule has 0 aliphatic carbocycles. The number of carbonyl (C=O) groups excluding carboxylic acids is 2. The average molecular weight is 471 g/mol. The van der Waals surface area contributed by atoms with E-state index in [1.165, 1.54) is 30.0 Å². The Hall–Kier alpha value is -2.75. The van der Waals surface area contributed by atoms with E-state index in [0.717, 1.165) is 18.5 Å². The summed E-state index contributed by atoms with van der Waals surface area (Å²) in [6.07, 6.45) is 0.879. The highest BCUT2D eigenvalue weighted by atomic mass is 32.2. The van der Waals surface area contributed by atoms with Crippen LogP contribution in [0.15, 0.2) is 58.9 Å². The molecule has 0 aliphatic rings. The number of aromatic nitrogens is 2. The zero-order valence-corrected chi connectivity index (χ0v) is 19.7. The lowest BCUT2D eigenvalue weighted by molar-refractivity contribution is -0.115. The number of benzene rings is 2. The van der Waals surface area contributed by atoms with Gasteiger partial charge in [0.25, 0.3) is 0 Å². The first-order chi connectivity index (χ1) is 15.6. The van der Waals surface area contributed by atoms with Gasteiger partial charge in [-0.15, -0.1) is 10.2 Å². The highest BCUT2D eigenvalue weighted by Gasteiger charge is 2.24. The summed E-state index contributed by atoms with van der Waals surface area (Å²) >= 11 is 2.76. The van der Waals surface area contributed by atoms with Crippen LogP contribution >= 0.6 is 23.1 Å². The number of nitrogens with zero attached hydrogens (tertiary/aromatic N) is 2. The molecule has 1 aromatic heterocycles. The van der Waals surface area contributed by atoms with Crippen molar-refractivity contribution in [1.29, 1.82) is 0 Å². The summed E-state index contributed by atoms with van der Waals surface area (Å²) in [5.74, 6) is -0.242. The van der Waals surface area contributed by atoms with Gasteiger partial charge in [-0.05, 0) is 38.0 Å². The predicted molar refractivity (Wildman–Crippen MR) is 130 cm³/mol. The molecular weight excluding hydrogens is 444 g/mol. The quantitative estimate of drug-likeness (QED) is 0.217. The van der Waals surface area contributed by atoms with Crippen LogP contribution in [0.3, 0.4) is 0 Å². The third-order valence-electron chi connectivity index (χ3n) is 4.45. The van der Waals surface area contributed by atoms with E-state index in [4.69, 9.17) is 4.74 Å². The summed E-state index contributed by atoms with van der Waals surface area (Å²) in [7, 11) is 0. The van der Waals surface area contributed by atoms with Crippen molar-refractivity contribution >= 4 is 45.6 Å². The Morgan fingerprint density at radius 2 is 1.94 bits per heavy atom. The van der Waals surface area contributed by atoms with Crippen molar-refractivity contribution < 1.29 is 14.3 Å². The van der Waals surface area contributed by atoms with Gasteiger partial charge in [-0.3, -0.25) is 9.59 Å². The fourth-order valence-electron chi connectivity index (χ4n) is 2.87. The smallest absolute Gasteiger partial charge is 0.242 e. The maximum Gasteiger partial charge on any atom is 0.242 e. The minimum absolute atomic E-state index is 0.0507. The summed E-state index contributed by atoms with van der Waals surface area (Å²) in [4.78, 5) is 24.9. The van der Waals surface area contributed by atoms with Crippen molar-refractivity contribution in [3.63, 3.8) is 0 Å². The second-order valence-electron chi connectivity index (χ2n) is 6.89. The Morgan fingerprint density at radius 3 is 2.69 bits per heavy atom. The fourth-order valence-corrected chi connectivity index (χ4v) is 4.84. The number of carbonyl (C=O) groups is 2. The number of Topliss-reactive ketones (excluding diaryl/α,β-unsaturated/α-hetero) is 1. The number of amides is 1. The zero-order valence-electron chi connectivity index (χ0n) is 18.0. The molecule has 0 bridgehead atoms. The first-order valence-corrected chi connectivity index (χ1v) is 12.0. The third-order valence-corrected chi connectivity index (χ3v) is 6.67. The molecule has 2 aromatic carbocycles. The Morgan fingerprint density at radius 1 is 1.12 bits per heavy atom. The van der Waals surface area contributed by atoms with Crippen molar-refractivity contribution in [3.05, 3.63) is 65.7 Å². The molecule has 0 aliphatic heterocycles. The number of hydrogen-bond acceptors (Lipinski definition) is 8. The van der Waals surface area contributed by atoms with Gasteiger partial charge in [0.1, 0.15) is 5.25 Å². The minimum atomic E-state index is -0.518. The van der Waals surface area contributed by atoms with Crippen LogP contribution < -0.4 is 10.6 Å². The molecule has 2 N–H and O–H groups in total. The Kier molecular flexibility index (Phi) is 9.21. The fraction of sp³-hybridized carbons (Fsp3) is 0.304. The van der Waals surface area contributed by atoms with Crippen molar-refractivity contribution in [2.45, 2.75) is 29.9 Å². The maximum absolute atomic E-state index is 13.2. The number of nitrogens with one attached hydrogen (secondary N) is 2. The molecule has 0 fully saturated rings. The van der Waals surface area contributed by atoms with Gasteiger partial charge in [0.05, 0.1) is 0 Å². The van der Waals surface area contributed by atoms with E-state index >= 15 is 0 Å². The van der Waals surface area contributed by atoms with E-state index in [9.17, 15) is 9.59 Å². The second-order valence-corrected chi connectivity index (χ2v) is 9.21. The molecule has 3 rings (SSSR count). The Labute approximate surface area is 196 Å². The van der Waals surface area contributed by atoms with Crippen LogP contribution in [0.1, 0.15) is 41.4 Å². The van der Waals surface area contributed by atoms with Crippen LogP contribution in [0.25, 0.3) is 0 Å². The van der Waals surface area contributed by atoms with Crippen molar-refractivity contribution in [2.24, 2.45) is 0 Å². The number of anilines is 2. The van der Waals surface area contributed by atoms with E-state index in [0.29, 0.717) is 33.9 Å². The lowest BCUT2D eigenvalue weighted by atomic mass is 10.1. The number of ether oxygens (including phenoxy) is 1. The van der Waals surface area contributed by atoms with Crippen LogP contribution in [-0.4, -0.2) is 41.6 Å². The SMILES string of the molecule is CCOCCCNc1nnc(SC(C(=O)Nc2cccc(C(C)=O)c2)c2ccccc2)s1. The molecule has 168 valence electrons. The first kappa shape index (κ1) is 23.9. The first-order valence-electron chi connectivity index (χ1n) is 10.4. The average Bonchev–Trinajstić information content (AvgIpc) is 3.25. The molecule has 7 nitrogen and oxygen atoms in total. The molecule has 1 atom stereocenters. The van der Waals surface area contributed by atoms with E-state index < -0.39 is 5.25 Å². The molecule has 0 saturated carbocycles. The molecule has 0 saturated heterocycles. The molecule has 9 heteroatoms. The van der Waals surface area contributed by atoms with Crippen LogP contribution in [0.4, 0.5) is 10.8 Å². The molecule has 0 spiro atoms. The van der Waals surface area contributed by atoms with E-state index in [1.807, 2.05) is 37.3 Å². The standard InChI is InChI=1S/C23H26N4O3S2/c1-3-30-14-8-13-24-22-26-27-23(32-22)31-20(17-9-5-4-6-10-17)21(29)25-19-12-7-11-18(15-19)16(2)28/h4-7,9-12,15,20H,3,8,13-14H2,1-2H3,(H,24,26)(H,25,29). The van der Waals surface area contributed by atoms with Crippen LogP contribution in [0, 0.1) is 0 Å². The third kappa shape index (κ3) is 7.15. The molecule has 1 heterocycles. The summed E-state index contributed by atoms with van der Waals surface area (Å²) < 4.78 is 6.03. The van der Waals surface area contributed by atoms with Crippen LogP contribution in [-0.2, 0) is 9.53 Å². The van der Waals surface area contributed by atoms with Gasteiger partial charge < -0.3 is 15.4 Å². The Balaban J connectivity index is 1.70. The van der Waals surface area contributed by atoms with Gasteiger partial charge in [-0.2, -0.15) is 0 Å².